The third-order valence-electron chi connectivity index (χ3n) is 7.61. The van der Waals surface area contributed by atoms with Gasteiger partial charge >= 0.3 is 0 Å². The Balaban J connectivity index is 1.38. The molecule has 7 nitrogen and oxygen atoms in total. The van der Waals surface area contributed by atoms with E-state index in [1.54, 1.807) is 12.2 Å². The molecule has 0 saturated heterocycles. The Morgan fingerprint density at radius 3 is 1.79 bits per heavy atom. The molecule has 0 amide bonds. The van der Waals surface area contributed by atoms with Crippen molar-refractivity contribution in [1.29, 1.82) is 0 Å². The fourth-order valence-electron chi connectivity index (χ4n) is 5.61. The van der Waals surface area contributed by atoms with Crippen molar-refractivity contribution in [2.75, 3.05) is 0 Å². The lowest BCUT2D eigenvalue weighted by molar-refractivity contribution is 0.656. The van der Waals surface area contributed by atoms with E-state index in [0.29, 0.717) is 29.1 Å². The molecule has 8 aromatic rings. The number of aromatic nitrogens is 6. The molecule has 0 aliphatic carbocycles. The first-order chi connectivity index (χ1) is 21.2. The molecule has 0 unspecified atom stereocenters. The summed E-state index contributed by atoms with van der Waals surface area (Å²) in [6.45, 7) is 8.24. The van der Waals surface area contributed by atoms with Crippen molar-refractivity contribution in [3.05, 3.63) is 134 Å². The van der Waals surface area contributed by atoms with Crippen LogP contribution in [0.1, 0.15) is 11.4 Å². The third-order valence-corrected chi connectivity index (χ3v) is 7.61. The van der Waals surface area contributed by atoms with Gasteiger partial charge in [-0.2, -0.15) is 15.0 Å². The highest BCUT2D eigenvalue weighted by Gasteiger charge is 2.25. The maximum Gasteiger partial charge on any atom is 0.248 e. The average molecular weight is 557 g/mol. The van der Waals surface area contributed by atoms with E-state index in [1.807, 2.05) is 93.9 Å². The van der Waals surface area contributed by atoms with E-state index in [4.69, 9.17) is 24.4 Å². The number of imidazole rings is 2. The van der Waals surface area contributed by atoms with Gasteiger partial charge in [-0.15, -0.1) is 0 Å². The van der Waals surface area contributed by atoms with Crippen LogP contribution in [-0.2, 0) is 0 Å². The molecule has 204 valence electrons. The lowest BCUT2D eigenvalue weighted by atomic mass is 10.0. The summed E-state index contributed by atoms with van der Waals surface area (Å²) in [5, 5.41) is 0.959. The number of hydrogen-bond donors (Lipinski definition) is 0. The van der Waals surface area contributed by atoms with E-state index in [0.717, 1.165) is 50.1 Å². The lowest BCUT2D eigenvalue weighted by Gasteiger charge is -2.10. The van der Waals surface area contributed by atoms with Crippen molar-refractivity contribution in [2.24, 2.45) is 0 Å². The first kappa shape index (κ1) is 24.7. The van der Waals surface area contributed by atoms with E-state index < -0.39 is 0 Å². The van der Waals surface area contributed by atoms with Gasteiger partial charge in [-0.25, -0.2) is 9.55 Å². The summed E-state index contributed by atoms with van der Waals surface area (Å²) >= 11 is 0. The molecule has 0 N–H and O–H groups in total. The summed E-state index contributed by atoms with van der Waals surface area (Å²) in [5.41, 5.74) is 7.74. The van der Waals surface area contributed by atoms with E-state index in [1.165, 1.54) is 0 Å². The maximum absolute atomic E-state index is 6.13. The molecule has 0 bridgehead atoms. The Kier molecular flexibility index (Phi) is 5.62. The second-order valence-electron chi connectivity index (χ2n) is 10.1. The summed E-state index contributed by atoms with van der Waals surface area (Å²) in [6, 6.07) is 36.3. The molecular weight excluding hydrogens is 532 g/mol. The van der Waals surface area contributed by atoms with Crippen LogP contribution in [0.2, 0.25) is 0 Å². The normalized spacial score (nSPS) is 11.4. The minimum absolute atomic E-state index is 0.418. The van der Waals surface area contributed by atoms with Gasteiger partial charge in [0.25, 0.3) is 0 Å². The lowest BCUT2D eigenvalue weighted by Crippen LogP contribution is -2.08. The van der Waals surface area contributed by atoms with Crippen molar-refractivity contribution < 1.29 is 4.42 Å². The molecule has 4 aromatic heterocycles. The van der Waals surface area contributed by atoms with Gasteiger partial charge in [0.2, 0.25) is 17.4 Å². The smallest absolute Gasteiger partial charge is 0.248 e. The topological polar surface area (TPSA) is 74.0 Å². The highest BCUT2D eigenvalue weighted by molar-refractivity contribution is 6.03. The summed E-state index contributed by atoms with van der Waals surface area (Å²) in [5.74, 6) is 2.11. The van der Waals surface area contributed by atoms with Gasteiger partial charge in [0, 0.05) is 16.5 Å². The minimum Gasteiger partial charge on any atom is -0.436 e. The monoisotopic (exact) mass is 556 g/mol. The van der Waals surface area contributed by atoms with Crippen LogP contribution in [-0.4, -0.2) is 28.9 Å². The zero-order chi connectivity index (χ0) is 28.9. The molecule has 4 heterocycles. The molecule has 0 atom stereocenters. The van der Waals surface area contributed by atoms with Gasteiger partial charge in [-0.1, -0.05) is 110 Å². The van der Waals surface area contributed by atoms with Crippen LogP contribution in [0, 0.1) is 0 Å². The average Bonchev–Trinajstić information content (AvgIpc) is 3.71. The van der Waals surface area contributed by atoms with Crippen molar-refractivity contribution in [3.8, 4) is 39.9 Å². The molecule has 0 aliphatic heterocycles. The molecule has 8 rings (SSSR count). The fraction of sp³-hybridized carbons (Fsp3) is 0. The highest BCUT2D eigenvalue weighted by Crippen LogP contribution is 2.34. The highest BCUT2D eigenvalue weighted by atomic mass is 16.3. The van der Waals surface area contributed by atoms with Crippen LogP contribution in [0.15, 0.2) is 127 Å². The molecule has 0 spiro atoms. The van der Waals surface area contributed by atoms with E-state index in [2.05, 4.69) is 37.4 Å². The summed E-state index contributed by atoms with van der Waals surface area (Å²) < 4.78 is 10.1. The van der Waals surface area contributed by atoms with Gasteiger partial charge in [-0.05, 0) is 35.4 Å². The molecular formula is C36H24N6O. The number of nitrogens with zero attached hydrogens (tertiary/aromatic N) is 6. The summed E-state index contributed by atoms with van der Waals surface area (Å²) in [7, 11) is 0. The maximum atomic E-state index is 6.13. The van der Waals surface area contributed by atoms with Gasteiger partial charge in [-0.3, -0.25) is 4.40 Å². The van der Waals surface area contributed by atoms with Crippen molar-refractivity contribution >= 4 is 40.1 Å². The van der Waals surface area contributed by atoms with Crippen LogP contribution >= 0.6 is 0 Å². The Bertz CT molecular complexity index is 2310. The molecule has 43 heavy (non-hydrogen) atoms. The molecule has 7 heteroatoms. The Hall–Kier alpha value is -6.08. The Morgan fingerprint density at radius 1 is 0.558 bits per heavy atom. The Labute approximate surface area is 246 Å². The van der Waals surface area contributed by atoms with E-state index in [9.17, 15) is 0 Å². The molecule has 0 radical (unpaired) electrons. The summed E-state index contributed by atoms with van der Waals surface area (Å²) in [6.07, 6.45) is 3.58. The largest absolute Gasteiger partial charge is 0.436 e. The van der Waals surface area contributed by atoms with Crippen LogP contribution in [0.4, 0.5) is 0 Å². The third kappa shape index (κ3) is 3.90. The minimum atomic E-state index is 0.418. The van der Waals surface area contributed by atoms with Crippen LogP contribution < -0.4 is 0 Å². The van der Waals surface area contributed by atoms with Crippen molar-refractivity contribution in [1.82, 2.24) is 28.9 Å². The standard InChI is InChI=1S/C36H24N6O/c1-3-28-29(4-2)42(36-40-34-31(41(28)36)27-17-11-12-18-30(27)43-34)35-38-32(25-15-9-6-10-16-25)37-33(39-35)26-21-19-24(20-22-26)23-13-7-5-8-14-23/h3-22H,1-2H2. The van der Waals surface area contributed by atoms with Gasteiger partial charge in [0.05, 0.1) is 11.4 Å². The second kappa shape index (κ2) is 9.78. The zero-order valence-electron chi connectivity index (χ0n) is 23.1. The van der Waals surface area contributed by atoms with Crippen LogP contribution in [0.5, 0.6) is 0 Å². The van der Waals surface area contributed by atoms with Crippen LogP contribution in [0.3, 0.4) is 0 Å². The van der Waals surface area contributed by atoms with Gasteiger partial charge in [0.15, 0.2) is 11.6 Å². The molecule has 4 aromatic carbocycles. The quantitative estimate of drug-likeness (QED) is 0.205. The predicted molar refractivity (Wildman–Crippen MR) is 172 cm³/mol. The van der Waals surface area contributed by atoms with E-state index in [-0.39, 0.29) is 0 Å². The second-order valence-corrected chi connectivity index (χ2v) is 10.1. The number of rotatable bonds is 6. The molecule has 0 fully saturated rings. The Morgan fingerprint density at radius 2 is 1.12 bits per heavy atom. The fourth-order valence-corrected chi connectivity index (χ4v) is 5.61. The van der Waals surface area contributed by atoms with E-state index >= 15 is 0 Å². The first-order valence-electron chi connectivity index (χ1n) is 13.9. The van der Waals surface area contributed by atoms with Crippen LogP contribution in [0.25, 0.3) is 80.0 Å². The van der Waals surface area contributed by atoms with Gasteiger partial charge < -0.3 is 4.42 Å². The number of furan rings is 1. The predicted octanol–water partition coefficient (Wildman–Crippen LogP) is 8.50. The molecule has 0 saturated carbocycles. The first-order valence-corrected chi connectivity index (χ1v) is 13.9. The van der Waals surface area contributed by atoms with Gasteiger partial charge in [0.1, 0.15) is 11.1 Å². The SMILES string of the molecule is C=Cc1c(C=C)n2c3c(nc2n1-c1nc(-c2ccccc2)nc(-c2ccc(-c4ccccc4)cc2)n1)oc1ccccc13. The number of fused-ring (bicyclic) bond motifs is 5. The number of para-hydroxylation sites is 1. The zero-order valence-corrected chi connectivity index (χ0v) is 23.1. The number of benzene rings is 4. The number of hydrogen-bond acceptors (Lipinski definition) is 5. The van der Waals surface area contributed by atoms with Crippen molar-refractivity contribution in [3.63, 3.8) is 0 Å². The molecule has 0 aliphatic rings. The van der Waals surface area contributed by atoms with Crippen molar-refractivity contribution in [2.45, 2.75) is 0 Å². The summed E-state index contributed by atoms with van der Waals surface area (Å²) in [4.78, 5) is 19.8.